The SMILES string of the molecule is Fc1ccc2c(OB(Oc3ccccc3)c3c(F)c(F)c(F)c4c3C(F)(F)c3c(F)c(F)c(F)c(F)c3-4)c(F)c(F)c(F)c2c1F. The van der Waals surface area contributed by atoms with Crippen molar-refractivity contribution in [3.05, 3.63) is 123 Å². The van der Waals surface area contributed by atoms with Gasteiger partial charge in [-0.3, -0.25) is 0 Å². The summed E-state index contributed by atoms with van der Waals surface area (Å²) < 4.78 is 218. The van der Waals surface area contributed by atoms with Crippen molar-refractivity contribution in [3.8, 4) is 22.6 Å². The minimum Gasteiger partial charge on any atom is -0.522 e. The molecule has 17 heteroatoms. The summed E-state index contributed by atoms with van der Waals surface area (Å²) >= 11 is 0. The zero-order valence-corrected chi connectivity index (χ0v) is 21.7. The molecule has 0 atom stereocenters. The predicted octanol–water partition coefficient (Wildman–Crippen LogP) is 8.48. The Labute approximate surface area is 246 Å². The topological polar surface area (TPSA) is 18.5 Å². The Morgan fingerprint density at radius 1 is 0.478 bits per heavy atom. The molecule has 0 amide bonds. The zero-order valence-electron chi connectivity index (χ0n) is 21.7. The summed E-state index contributed by atoms with van der Waals surface area (Å²) in [5.41, 5.74) is -10.7. The van der Waals surface area contributed by atoms with Crippen LogP contribution in [0.2, 0.25) is 0 Å². The third-order valence-electron chi connectivity index (χ3n) is 7.10. The lowest BCUT2D eigenvalue weighted by atomic mass is 9.72. The van der Waals surface area contributed by atoms with Gasteiger partial charge in [0.2, 0.25) is 5.82 Å². The molecule has 0 fully saturated rings. The maximum Gasteiger partial charge on any atom is 0.636 e. The third kappa shape index (κ3) is 4.20. The zero-order chi connectivity index (χ0) is 33.6. The van der Waals surface area contributed by atoms with Crippen LogP contribution in [0.5, 0.6) is 11.5 Å². The van der Waals surface area contributed by atoms with Gasteiger partial charge in [0.05, 0.1) is 16.4 Å². The molecular weight excluding hydrogens is 657 g/mol. The molecule has 46 heavy (non-hydrogen) atoms. The van der Waals surface area contributed by atoms with Gasteiger partial charge < -0.3 is 9.31 Å². The summed E-state index contributed by atoms with van der Waals surface area (Å²) in [6.07, 6.45) is 0. The van der Waals surface area contributed by atoms with Gasteiger partial charge in [-0.05, 0) is 24.3 Å². The lowest BCUT2D eigenvalue weighted by Crippen LogP contribution is -2.49. The Morgan fingerprint density at radius 3 is 1.65 bits per heavy atom. The predicted molar refractivity (Wildman–Crippen MR) is 131 cm³/mol. The van der Waals surface area contributed by atoms with Crippen LogP contribution in [0.25, 0.3) is 21.9 Å². The minimum absolute atomic E-state index is 0.268. The number of rotatable bonds is 5. The van der Waals surface area contributed by atoms with Gasteiger partial charge in [0.1, 0.15) is 11.5 Å². The van der Waals surface area contributed by atoms with Crippen molar-refractivity contribution in [2.75, 3.05) is 0 Å². The molecule has 1 aliphatic carbocycles. The molecule has 0 saturated heterocycles. The quantitative estimate of drug-likeness (QED) is 0.0813. The summed E-state index contributed by atoms with van der Waals surface area (Å²) in [5.74, 6) is -37.5. The van der Waals surface area contributed by atoms with Crippen LogP contribution in [-0.4, -0.2) is 7.12 Å². The van der Waals surface area contributed by atoms with Crippen molar-refractivity contribution in [2.45, 2.75) is 5.92 Å². The Balaban J connectivity index is 1.71. The fraction of sp³-hybridized carbons (Fsp3) is 0.0345. The second-order valence-corrected chi connectivity index (χ2v) is 9.62. The van der Waals surface area contributed by atoms with E-state index in [-0.39, 0.29) is 6.07 Å². The lowest BCUT2D eigenvalue weighted by Gasteiger charge is -2.24. The van der Waals surface area contributed by atoms with Gasteiger partial charge in [0.15, 0.2) is 64.0 Å². The van der Waals surface area contributed by atoms with Crippen molar-refractivity contribution < 1.29 is 70.8 Å². The molecule has 0 saturated carbocycles. The van der Waals surface area contributed by atoms with E-state index in [4.69, 9.17) is 9.31 Å². The Bertz CT molecular complexity index is 2120. The van der Waals surface area contributed by atoms with Crippen LogP contribution in [0.4, 0.5) is 61.5 Å². The maximum atomic E-state index is 15.9. The molecule has 0 aromatic heterocycles. The molecular formula is C29H7BF14O2. The summed E-state index contributed by atoms with van der Waals surface area (Å²) in [6, 6.07) is 6.43. The first kappa shape index (κ1) is 31.0. The number of benzene rings is 5. The van der Waals surface area contributed by atoms with E-state index in [9.17, 15) is 35.1 Å². The summed E-state index contributed by atoms with van der Waals surface area (Å²) in [5, 5.41) is -2.76. The second kappa shape index (κ2) is 10.6. The average molecular weight is 664 g/mol. The monoisotopic (exact) mass is 664 g/mol. The molecule has 236 valence electrons. The summed E-state index contributed by atoms with van der Waals surface area (Å²) in [6.45, 7) is 0. The van der Waals surface area contributed by atoms with E-state index in [1.165, 1.54) is 18.2 Å². The molecule has 0 spiro atoms. The summed E-state index contributed by atoms with van der Waals surface area (Å²) in [7, 11) is -3.09. The first-order valence-electron chi connectivity index (χ1n) is 12.4. The van der Waals surface area contributed by atoms with Gasteiger partial charge in [0, 0.05) is 22.1 Å². The van der Waals surface area contributed by atoms with Gasteiger partial charge in [0.25, 0.3) is 0 Å². The number of hydrogen-bond acceptors (Lipinski definition) is 2. The molecule has 0 heterocycles. The number of hydrogen-bond donors (Lipinski definition) is 0. The standard InChI is InChI=1S/C29H7BF14O2/c31-10-7-6-9-11(17(10)32)18(33)25(40)27(42)28(9)46-30(45-8-4-2-1-3-5-8)16-14-12(19(34)23(38)22(16)37)13-15(29(14,43)44)21(36)26(41)24(39)20(13)35/h1-7H. The number of halogens is 14. The Morgan fingerprint density at radius 2 is 1.02 bits per heavy atom. The molecule has 0 aliphatic heterocycles. The second-order valence-electron chi connectivity index (χ2n) is 9.62. The molecule has 0 N–H and O–H groups in total. The van der Waals surface area contributed by atoms with Gasteiger partial charge in [-0.15, -0.1) is 0 Å². The van der Waals surface area contributed by atoms with E-state index in [0.717, 1.165) is 12.1 Å². The molecule has 0 bridgehead atoms. The van der Waals surface area contributed by atoms with E-state index >= 15 is 26.3 Å². The normalized spacial score (nSPS) is 13.2. The minimum atomic E-state index is -5.25. The van der Waals surface area contributed by atoms with Gasteiger partial charge in [-0.25, -0.2) is 48.3 Å². The van der Waals surface area contributed by atoms with Crippen LogP contribution in [0.15, 0.2) is 42.5 Å². The number of alkyl halides is 2. The van der Waals surface area contributed by atoms with E-state index in [2.05, 4.69) is 0 Å². The van der Waals surface area contributed by atoms with Crippen molar-refractivity contribution in [3.63, 3.8) is 0 Å². The molecule has 5 aromatic carbocycles. The highest BCUT2D eigenvalue weighted by Crippen LogP contribution is 2.55. The molecule has 5 aromatic rings. The van der Waals surface area contributed by atoms with Gasteiger partial charge >= 0.3 is 13.0 Å². The van der Waals surface area contributed by atoms with Crippen molar-refractivity contribution in [2.24, 2.45) is 0 Å². The largest absolute Gasteiger partial charge is 0.636 e. The Hall–Kier alpha value is -4.96. The number of para-hydroxylation sites is 1. The highest BCUT2D eigenvalue weighted by Gasteiger charge is 2.57. The first-order valence-corrected chi connectivity index (χ1v) is 12.4. The van der Waals surface area contributed by atoms with Crippen LogP contribution in [0, 0.1) is 69.8 Å². The van der Waals surface area contributed by atoms with E-state index in [1.807, 2.05) is 0 Å². The lowest BCUT2D eigenvalue weighted by molar-refractivity contribution is 0.0433. The van der Waals surface area contributed by atoms with Crippen molar-refractivity contribution in [1.82, 2.24) is 0 Å². The molecule has 0 radical (unpaired) electrons. The average Bonchev–Trinajstić information content (AvgIpc) is 3.27. The highest BCUT2D eigenvalue weighted by molar-refractivity contribution is 6.64. The molecule has 6 rings (SSSR count). The van der Waals surface area contributed by atoms with Crippen molar-refractivity contribution in [1.29, 1.82) is 0 Å². The molecule has 1 aliphatic rings. The highest BCUT2D eigenvalue weighted by atomic mass is 19.3. The third-order valence-corrected chi connectivity index (χ3v) is 7.10. The van der Waals surface area contributed by atoms with Crippen LogP contribution in [0.3, 0.4) is 0 Å². The van der Waals surface area contributed by atoms with E-state index < -0.39 is 133 Å². The van der Waals surface area contributed by atoms with Crippen LogP contribution < -0.4 is 14.8 Å². The molecule has 2 nitrogen and oxygen atoms in total. The Kier molecular flexibility index (Phi) is 7.12. The van der Waals surface area contributed by atoms with E-state index in [1.54, 1.807) is 0 Å². The van der Waals surface area contributed by atoms with Gasteiger partial charge in [-0.1, -0.05) is 18.2 Å². The fourth-order valence-electron chi connectivity index (χ4n) is 5.11. The van der Waals surface area contributed by atoms with Gasteiger partial charge in [-0.2, -0.15) is 13.2 Å². The van der Waals surface area contributed by atoms with Crippen LogP contribution >= 0.6 is 0 Å². The van der Waals surface area contributed by atoms with Crippen molar-refractivity contribution >= 4 is 23.4 Å². The first-order chi connectivity index (χ1) is 21.6. The smallest absolute Gasteiger partial charge is 0.522 e. The molecule has 0 unspecified atom stereocenters. The van der Waals surface area contributed by atoms with Crippen LogP contribution in [0.1, 0.15) is 11.1 Å². The number of fused-ring (bicyclic) bond motifs is 4. The fourth-order valence-corrected chi connectivity index (χ4v) is 5.11. The van der Waals surface area contributed by atoms with E-state index in [0.29, 0.717) is 6.07 Å². The maximum absolute atomic E-state index is 15.9. The summed E-state index contributed by atoms with van der Waals surface area (Å²) in [4.78, 5) is 0. The van der Waals surface area contributed by atoms with Crippen LogP contribution in [-0.2, 0) is 5.92 Å².